The lowest BCUT2D eigenvalue weighted by Crippen LogP contribution is -2.10. The normalized spacial score (nSPS) is 16.8. The van der Waals surface area contributed by atoms with Gasteiger partial charge in [-0.2, -0.15) is 0 Å². The Balaban J connectivity index is 1.91. The van der Waals surface area contributed by atoms with Gasteiger partial charge in [-0.05, 0) is 48.4 Å². The minimum Gasteiger partial charge on any atom is -0.384 e. The molecule has 1 atom stereocenters. The first-order valence-corrected chi connectivity index (χ1v) is 7.19. The van der Waals surface area contributed by atoms with Crippen molar-refractivity contribution in [2.45, 2.75) is 38.2 Å². The van der Waals surface area contributed by atoms with Crippen LogP contribution in [-0.2, 0) is 0 Å². The Bertz CT molecular complexity index is 617. The molecular weight excluding hydrogens is 251 g/mol. The maximum absolute atomic E-state index is 14.0. The van der Waals surface area contributed by atoms with E-state index in [0.717, 1.165) is 11.1 Å². The molecule has 0 saturated heterocycles. The third kappa shape index (κ3) is 2.48. The lowest BCUT2D eigenvalue weighted by atomic mass is 9.79. The maximum Gasteiger partial charge on any atom is 0.129 e. The number of hydrogen-bond acceptors (Lipinski definition) is 1. The summed E-state index contributed by atoms with van der Waals surface area (Å²) in [7, 11) is 0. The summed E-state index contributed by atoms with van der Waals surface area (Å²) in [6.07, 6.45) is 2.83. The fourth-order valence-electron chi connectivity index (χ4n) is 2.76. The standard InChI is InChI=1S/C18H19FO/c1-12-8-9-16(17(19)10-12)18(20)15-7-3-6-14(11-15)13-4-2-5-13/h3,6-11,13,18,20H,2,4-5H2,1H3. The van der Waals surface area contributed by atoms with Crippen molar-refractivity contribution in [1.82, 2.24) is 0 Å². The number of aryl methyl sites for hydroxylation is 1. The van der Waals surface area contributed by atoms with Crippen molar-refractivity contribution in [3.8, 4) is 0 Å². The second kappa shape index (κ2) is 5.37. The van der Waals surface area contributed by atoms with E-state index >= 15 is 0 Å². The Morgan fingerprint density at radius 2 is 1.95 bits per heavy atom. The highest BCUT2D eigenvalue weighted by Gasteiger charge is 2.21. The molecule has 20 heavy (non-hydrogen) atoms. The highest BCUT2D eigenvalue weighted by atomic mass is 19.1. The van der Waals surface area contributed by atoms with E-state index in [1.54, 1.807) is 6.07 Å². The molecule has 0 radical (unpaired) electrons. The van der Waals surface area contributed by atoms with E-state index in [4.69, 9.17) is 0 Å². The van der Waals surface area contributed by atoms with Gasteiger partial charge in [0.05, 0.1) is 0 Å². The molecule has 0 bridgehead atoms. The van der Waals surface area contributed by atoms with Gasteiger partial charge in [0.25, 0.3) is 0 Å². The van der Waals surface area contributed by atoms with E-state index in [1.165, 1.54) is 30.9 Å². The molecule has 0 heterocycles. The lowest BCUT2D eigenvalue weighted by molar-refractivity contribution is 0.214. The van der Waals surface area contributed by atoms with Crippen molar-refractivity contribution in [3.63, 3.8) is 0 Å². The van der Waals surface area contributed by atoms with Crippen molar-refractivity contribution in [2.75, 3.05) is 0 Å². The summed E-state index contributed by atoms with van der Waals surface area (Å²) in [6, 6.07) is 12.9. The Labute approximate surface area is 119 Å². The molecule has 1 nitrogen and oxygen atoms in total. The summed E-state index contributed by atoms with van der Waals surface area (Å²) in [5.41, 5.74) is 3.25. The summed E-state index contributed by atoms with van der Waals surface area (Å²) < 4.78 is 14.0. The summed E-state index contributed by atoms with van der Waals surface area (Å²) in [4.78, 5) is 0. The largest absolute Gasteiger partial charge is 0.384 e. The van der Waals surface area contributed by atoms with E-state index in [0.29, 0.717) is 11.5 Å². The van der Waals surface area contributed by atoms with Crippen LogP contribution < -0.4 is 0 Å². The molecule has 2 aromatic rings. The van der Waals surface area contributed by atoms with Gasteiger partial charge in [-0.1, -0.05) is 42.8 Å². The second-order valence-electron chi connectivity index (χ2n) is 5.73. The zero-order chi connectivity index (χ0) is 14.1. The summed E-state index contributed by atoms with van der Waals surface area (Å²) in [5, 5.41) is 10.4. The molecule has 0 aromatic heterocycles. The summed E-state index contributed by atoms with van der Waals surface area (Å²) in [5.74, 6) is 0.275. The van der Waals surface area contributed by atoms with Gasteiger partial charge in [0, 0.05) is 5.56 Å². The molecular formula is C18H19FO. The third-order valence-corrected chi connectivity index (χ3v) is 4.25. The molecule has 3 rings (SSSR count). The van der Waals surface area contributed by atoms with Gasteiger partial charge in [0.1, 0.15) is 11.9 Å². The number of aliphatic hydroxyl groups is 1. The Hall–Kier alpha value is -1.67. The highest BCUT2D eigenvalue weighted by Crippen LogP contribution is 2.37. The summed E-state index contributed by atoms with van der Waals surface area (Å²) >= 11 is 0. The summed E-state index contributed by atoms with van der Waals surface area (Å²) in [6.45, 7) is 1.84. The molecule has 0 spiro atoms. The third-order valence-electron chi connectivity index (χ3n) is 4.25. The van der Waals surface area contributed by atoms with Crippen LogP contribution in [0, 0.1) is 12.7 Å². The van der Waals surface area contributed by atoms with Gasteiger partial charge in [-0.25, -0.2) is 4.39 Å². The molecule has 1 fully saturated rings. The van der Waals surface area contributed by atoms with Gasteiger partial charge >= 0.3 is 0 Å². The number of aliphatic hydroxyl groups excluding tert-OH is 1. The van der Waals surface area contributed by atoms with Crippen molar-refractivity contribution in [1.29, 1.82) is 0 Å². The lowest BCUT2D eigenvalue weighted by Gasteiger charge is -2.26. The van der Waals surface area contributed by atoms with E-state index < -0.39 is 6.10 Å². The number of hydrogen-bond donors (Lipinski definition) is 1. The first-order valence-electron chi connectivity index (χ1n) is 7.19. The van der Waals surface area contributed by atoms with Crippen molar-refractivity contribution in [3.05, 3.63) is 70.5 Å². The van der Waals surface area contributed by atoms with Gasteiger partial charge in [-0.3, -0.25) is 0 Å². The highest BCUT2D eigenvalue weighted by molar-refractivity contribution is 5.36. The van der Waals surface area contributed by atoms with E-state index in [-0.39, 0.29) is 5.82 Å². The van der Waals surface area contributed by atoms with E-state index in [1.807, 2.05) is 31.2 Å². The topological polar surface area (TPSA) is 20.2 Å². The van der Waals surface area contributed by atoms with Gasteiger partial charge in [-0.15, -0.1) is 0 Å². The van der Waals surface area contributed by atoms with Crippen LogP contribution in [-0.4, -0.2) is 5.11 Å². The number of benzene rings is 2. The number of halogens is 1. The number of rotatable bonds is 3. The van der Waals surface area contributed by atoms with Crippen molar-refractivity contribution >= 4 is 0 Å². The fourth-order valence-corrected chi connectivity index (χ4v) is 2.76. The Kier molecular flexibility index (Phi) is 3.58. The zero-order valence-electron chi connectivity index (χ0n) is 11.6. The molecule has 1 saturated carbocycles. The maximum atomic E-state index is 14.0. The first-order chi connectivity index (χ1) is 9.65. The van der Waals surface area contributed by atoms with Crippen LogP contribution in [0.1, 0.15) is 53.5 Å². The molecule has 0 aliphatic heterocycles. The predicted molar refractivity (Wildman–Crippen MR) is 78.2 cm³/mol. The first kappa shape index (κ1) is 13.3. The van der Waals surface area contributed by atoms with Crippen LogP contribution in [0.3, 0.4) is 0 Å². The van der Waals surface area contributed by atoms with Crippen LogP contribution in [0.4, 0.5) is 4.39 Å². The SMILES string of the molecule is Cc1ccc(C(O)c2cccc(C3CCC3)c2)c(F)c1. The minimum atomic E-state index is -0.893. The molecule has 2 heteroatoms. The van der Waals surface area contributed by atoms with Crippen molar-refractivity contribution < 1.29 is 9.50 Å². The molecule has 2 aromatic carbocycles. The average Bonchev–Trinajstić information content (AvgIpc) is 2.36. The smallest absolute Gasteiger partial charge is 0.129 e. The van der Waals surface area contributed by atoms with Crippen molar-refractivity contribution in [2.24, 2.45) is 0 Å². The fraction of sp³-hybridized carbons (Fsp3) is 0.333. The van der Waals surface area contributed by atoms with Gasteiger partial charge in [0.2, 0.25) is 0 Å². The van der Waals surface area contributed by atoms with E-state index in [9.17, 15) is 9.50 Å². The molecule has 1 aliphatic rings. The molecule has 1 N–H and O–H groups in total. The predicted octanol–water partition coefficient (Wildman–Crippen LogP) is 4.48. The Morgan fingerprint density at radius 1 is 1.15 bits per heavy atom. The van der Waals surface area contributed by atoms with Crippen LogP contribution in [0.15, 0.2) is 42.5 Å². The molecule has 1 aliphatic carbocycles. The van der Waals surface area contributed by atoms with Gasteiger partial charge < -0.3 is 5.11 Å². The second-order valence-corrected chi connectivity index (χ2v) is 5.73. The molecule has 104 valence electrons. The van der Waals surface area contributed by atoms with Crippen LogP contribution >= 0.6 is 0 Å². The average molecular weight is 270 g/mol. The van der Waals surface area contributed by atoms with Gasteiger partial charge in [0.15, 0.2) is 0 Å². The quantitative estimate of drug-likeness (QED) is 0.871. The van der Waals surface area contributed by atoms with E-state index in [2.05, 4.69) is 6.07 Å². The van der Waals surface area contributed by atoms with Crippen LogP contribution in [0.5, 0.6) is 0 Å². The van der Waals surface area contributed by atoms with Crippen LogP contribution in [0.2, 0.25) is 0 Å². The van der Waals surface area contributed by atoms with Crippen LogP contribution in [0.25, 0.3) is 0 Å². The molecule has 1 unspecified atom stereocenters. The minimum absolute atomic E-state index is 0.341. The zero-order valence-corrected chi connectivity index (χ0v) is 11.6. The molecule has 0 amide bonds. The Morgan fingerprint density at radius 3 is 2.60 bits per heavy atom. The monoisotopic (exact) mass is 270 g/mol.